The van der Waals surface area contributed by atoms with Gasteiger partial charge in [0, 0.05) is 32.5 Å². The molecule has 0 bridgehead atoms. The van der Waals surface area contributed by atoms with Crippen LogP contribution in [-0.4, -0.2) is 47.2 Å². The summed E-state index contributed by atoms with van der Waals surface area (Å²) in [5.41, 5.74) is -0.329. The molecule has 0 unspecified atom stereocenters. The molecule has 0 radical (unpaired) electrons. The van der Waals surface area contributed by atoms with Crippen LogP contribution in [0.25, 0.3) is 0 Å². The van der Waals surface area contributed by atoms with Gasteiger partial charge in [-0.1, -0.05) is 12.1 Å². The van der Waals surface area contributed by atoms with E-state index in [2.05, 4.69) is 4.90 Å². The minimum atomic E-state index is -4.31. The summed E-state index contributed by atoms with van der Waals surface area (Å²) in [6.45, 7) is 2.72. The fraction of sp³-hybridized carbons (Fsp3) is 0.588. The van der Waals surface area contributed by atoms with Gasteiger partial charge in [0.1, 0.15) is 0 Å². The molecular formula is C17H19F3N2O2. The molecule has 3 heterocycles. The summed E-state index contributed by atoms with van der Waals surface area (Å²) in [4.78, 5) is 16.3. The fourth-order valence-corrected chi connectivity index (χ4v) is 4.26. The van der Waals surface area contributed by atoms with Crippen LogP contribution in [0.3, 0.4) is 0 Å². The van der Waals surface area contributed by atoms with Gasteiger partial charge in [-0.3, -0.25) is 9.69 Å². The molecule has 0 aliphatic carbocycles. The van der Waals surface area contributed by atoms with Crippen molar-refractivity contribution in [2.75, 3.05) is 19.7 Å². The number of hydrogen-bond acceptors (Lipinski definition) is 3. The Morgan fingerprint density at radius 2 is 1.96 bits per heavy atom. The second-order valence-electron chi connectivity index (χ2n) is 6.73. The number of amides is 1. The summed E-state index contributed by atoms with van der Waals surface area (Å²) in [5.74, 6) is 0.122. The molecule has 3 aliphatic rings. The van der Waals surface area contributed by atoms with Gasteiger partial charge < -0.3 is 9.64 Å². The van der Waals surface area contributed by atoms with E-state index in [0.29, 0.717) is 19.6 Å². The lowest BCUT2D eigenvalue weighted by Crippen LogP contribution is -2.56. The molecule has 4 rings (SSSR count). The number of benzene rings is 1. The second kappa shape index (κ2) is 5.46. The molecule has 4 nitrogen and oxygen atoms in total. The zero-order valence-corrected chi connectivity index (χ0v) is 13.2. The van der Waals surface area contributed by atoms with Gasteiger partial charge in [0.2, 0.25) is 5.91 Å². The van der Waals surface area contributed by atoms with Gasteiger partial charge in [0.05, 0.1) is 18.2 Å². The third-order valence-corrected chi connectivity index (χ3v) is 5.39. The molecule has 1 aromatic rings. The van der Waals surface area contributed by atoms with Crippen molar-refractivity contribution in [3.8, 4) is 0 Å². The number of carbonyl (C=O) groups excluding carboxylic acids is 1. The van der Waals surface area contributed by atoms with Crippen molar-refractivity contribution in [2.45, 2.75) is 43.8 Å². The van der Waals surface area contributed by atoms with Crippen LogP contribution in [0.2, 0.25) is 0 Å². The van der Waals surface area contributed by atoms with Gasteiger partial charge in [0.15, 0.2) is 5.72 Å². The first-order chi connectivity index (χ1) is 11.4. The van der Waals surface area contributed by atoms with Crippen molar-refractivity contribution in [1.29, 1.82) is 0 Å². The Morgan fingerprint density at radius 3 is 2.67 bits per heavy atom. The maximum Gasteiger partial charge on any atom is 0.416 e. The third kappa shape index (κ3) is 2.41. The van der Waals surface area contributed by atoms with Gasteiger partial charge in [0.25, 0.3) is 0 Å². The molecule has 1 aromatic carbocycles. The molecule has 0 saturated carbocycles. The molecule has 3 saturated heterocycles. The summed E-state index contributed by atoms with van der Waals surface area (Å²) in [5, 5.41) is 0. The van der Waals surface area contributed by atoms with Gasteiger partial charge >= 0.3 is 6.18 Å². The van der Waals surface area contributed by atoms with Crippen LogP contribution in [-0.2, 0) is 22.3 Å². The molecule has 24 heavy (non-hydrogen) atoms. The first-order valence-electron chi connectivity index (χ1n) is 8.25. The highest BCUT2D eigenvalue weighted by Crippen LogP contribution is 2.45. The van der Waals surface area contributed by atoms with E-state index in [0.717, 1.165) is 43.6 Å². The number of carbonyl (C=O) groups is 1. The van der Waals surface area contributed by atoms with Crippen LogP contribution in [0.5, 0.6) is 0 Å². The minimum absolute atomic E-state index is 0.00686. The fourth-order valence-electron chi connectivity index (χ4n) is 4.26. The molecule has 0 aromatic heterocycles. The van der Waals surface area contributed by atoms with Crippen molar-refractivity contribution in [2.24, 2.45) is 0 Å². The van der Waals surface area contributed by atoms with Crippen molar-refractivity contribution >= 4 is 5.91 Å². The van der Waals surface area contributed by atoms with Crippen LogP contribution in [0.1, 0.15) is 30.4 Å². The topological polar surface area (TPSA) is 32.8 Å². The summed E-state index contributed by atoms with van der Waals surface area (Å²) in [6, 6.07) is 5.26. The highest BCUT2D eigenvalue weighted by molar-refractivity contribution is 5.81. The summed E-state index contributed by atoms with van der Waals surface area (Å²) < 4.78 is 44.0. The monoisotopic (exact) mass is 340 g/mol. The Bertz CT molecular complexity index is 646. The maximum absolute atomic E-state index is 12.7. The molecule has 2 atom stereocenters. The summed E-state index contributed by atoms with van der Waals surface area (Å²) in [6.07, 6.45) is -2.26. The average Bonchev–Trinajstić information content (AvgIpc) is 3.01. The first-order valence-corrected chi connectivity index (χ1v) is 8.25. The standard InChI is InChI=1S/C17H19F3N2O2/c18-17(19,20)13-4-2-12(3-5-13)11-21-8-6-16-14(21)10-15(23)22(16)7-1-9-24-16/h2-5,14H,1,6-11H2/t14-,16+/m1/s1. The van der Waals surface area contributed by atoms with Crippen LogP contribution in [0.15, 0.2) is 24.3 Å². The Hall–Kier alpha value is -1.60. The molecule has 1 spiro atoms. The lowest BCUT2D eigenvalue weighted by Gasteiger charge is -2.42. The maximum atomic E-state index is 12.7. The molecular weight excluding hydrogens is 321 g/mol. The quantitative estimate of drug-likeness (QED) is 0.830. The van der Waals surface area contributed by atoms with Crippen molar-refractivity contribution in [1.82, 2.24) is 9.80 Å². The normalized spacial score (nSPS) is 30.5. The van der Waals surface area contributed by atoms with E-state index in [9.17, 15) is 18.0 Å². The van der Waals surface area contributed by atoms with E-state index in [1.54, 1.807) is 0 Å². The number of likely N-dealkylation sites (tertiary alicyclic amines) is 1. The van der Waals surface area contributed by atoms with E-state index in [-0.39, 0.29) is 11.9 Å². The van der Waals surface area contributed by atoms with Gasteiger partial charge in [-0.25, -0.2) is 0 Å². The van der Waals surface area contributed by atoms with Crippen LogP contribution in [0, 0.1) is 0 Å². The van der Waals surface area contributed by atoms with Gasteiger partial charge in [-0.2, -0.15) is 13.2 Å². The lowest BCUT2D eigenvalue weighted by molar-refractivity contribution is -0.180. The number of rotatable bonds is 2. The predicted molar refractivity (Wildman–Crippen MR) is 79.9 cm³/mol. The zero-order valence-electron chi connectivity index (χ0n) is 13.2. The predicted octanol–water partition coefficient (Wildman–Crippen LogP) is 2.63. The molecule has 1 amide bonds. The number of alkyl halides is 3. The summed E-state index contributed by atoms with van der Waals surface area (Å²) >= 11 is 0. The summed E-state index contributed by atoms with van der Waals surface area (Å²) in [7, 11) is 0. The number of hydrogen-bond donors (Lipinski definition) is 0. The highest BCUT2D eigenvalue weighted by atomic mass is 19.4. The van der Waals surface area contributed by atoms with Crippen molar-refractivity contribution < 1.29 is 22.7 Å². The molecule has 3 fully saturated rings. The lowest BCUT2D eigenvalue weighted by atomic mass is 10.0. The van der Waals surface area contributed by atoms with E-state index in [1.165, 1.54) is 12.1 Å². The van der Waals surface area contributed by atoms with Gasteiger partial charge in [-0.05, 0) is 24.1 Å². The highest BCUT2D eigenvalue weighted by Gasteiger charge is 2.60. The Balaban J connectivity index is 1.51. The zero-order chi connectivity index (χ0) is 16.9. The number of ether oxygens (including phenoxy) is 1. The van der Waals surface area contributed by atoms with E-state index in [4.69, 9.17) is 4.74 Å². The number of halogens is 3. The molecule has 7 heteroatoms. The molecule has 3 aliphatic heterocycles. The van der Waals surface area contributed by atoms with Crippen LogP contribution < -0.4 is 0 Å². The van der Waals surface area contributed by atoms with E-state index < -0.39 is 17.5 Å². The average molecular weight is 340 g/mol. The third-order valence-electron chi connectivity index (χ3n) is 5.39. The van der Waals surface area contributed by atoms with Crippen molar-refractivity contribution in [3.63, 3.8) is 0 Å². The van der Waals surface area contributed by atoms with E-state index >= 15 is 0 Å². The Labute approximate surface area is 138 Å². The largest absolute Gasteiger partial charge is 0.416 e. The smallest absolute Gasteiger partial charge is 0.354 e. The van der Waals surface area contributed by atoms with Crippen LogP contribution >= 0.6 is 0 Å². The second-order valence-corrected chi connectivity index (χ2v) is 6.73. The van der Waals surface area contributed by atoms with Gasteiger partial charge in [-0.15, -0.1) is 0 Å². The van der Waals surface area contributed by atoms with Crippen LogP contribution in [0.4, 0.5) is 13.2 Å². The molecule has 130 valence electrons. The Morgan fingerprint density at radius 1 is 1.21 bits per heavy atom. The SMILES string of the molecule is O=C1C[C@H]2N(Cc3ccc(C(F)(F)F)cc3)CC[C@]23OCCCN13. The van der Waals surface area contributed by atoms with Crippen molar-refractivity contribution in [3.05, 3.63) is 35.4 Å². The Kier molecular flexibility index (Phi) is 3.61. The molecule has 0 N–H and O–H groups in total. The van der Waals surface area contributed by atoms with E-state index in [1.807, 2.05) is 4.90 Å². The first kappa shape index (κ1) is 15.9. The number of nitrogens with zero attached hydrogens (tertiary/aromatic N) is 2. The minimum Gasteiger partial charge on any atom is -0.354 e.